The Kier molecular flexibility index (Phi) is 5.77. The van der Waals surface area contributed by atoms with Gasteiger partial charge in [0, 0.05) is 16.9 Å². The molecule has 6 heteroatoms. The zero-order valence-corrected chi connectivity index (χ0v) is 17.6. The van der Waals surface area contributed by atoms with Crippen molar-refractivity contribution in [2.24, 2.45) is 0 Å². The van der Waals surface area contributed by atoms with Gasteiger partial charge in [-0.2, -0.15) is 0 Å². The zero-order valence-electron chi connectivity index (χ0n) is 16.8. The SMILES string of the molecule is COc1ccc(C(=O)Nc2ccc([C@@H]3SCC(=O)N3c3cccc(C)c3)cc2)cc1. The lowest BCUT2D eigenvalue weighted by atomic mass is 10.1. The van der Waals surface area contributed by atoms with Gasteiger partial charge in [0.25, 0.3) is 5.91 Å². The summed E-state index contributed by atoms with van der Waals surface area (Å²) in [6, 6.07) is 22.6. The van der Waals surface area contributed by atoms with Crippen molar-refractivity contribution < 1.29 is 14.3 Å². The van der Waals surface area contributed by atoms with Crippen LogP contribution < -0.4 is 15.0 Å². The number of carbonyl (C=O) groups is 2. The van der Waals surface area contributed by atoms with Gasteiger partial charge >= 0.3 is 0 Å². The molecule has 1 aliphatic heterocycles. The predicted molar refractivity (Wildman–Crippen MR) is 121 cm³/mol. The number of anilines is 2. The van der Waals surface area contributed by atoms with Gasteiger partial charge in [-0.25, -0.2) is 0 Å². The molecule has 1 aliphatic rings. The standard InChI is InChI=1S/C24H22N2O3S/c1-16-4-3-5-20(14-16)26-22(27)15-30-24(26)18-6-10-19(11-7-18)25-23(28)17-8-12-21(29-2)13-9-17/h3-14,24H,15H2,1-2H3,(H,25,28)/t24-/m0/s1. The van der Waals surface area contributed by atoms with Crippen LogP contribution in [-0.2, 0) is 4.79 Å². The number of amides is 2. The Balaban J connectivity index is 1.49. The number of nitrogens with zero attached hydrogens (tertiary/aromatic N) is 1. The maximum absolute atomic E-state index is 12.5. The monoisotopic (exact) mass is 418 g/mol. The number of methoxy groups -OCH3 is 1. The van der Waals surface area contributed by atoms with Crippen LogP contribution in [0.4, 0.5) is 11.4 Å². The molecule has 5 nitrogen and oxygen atoms in total. The molecule has 0 radical (unpaired) electrons. The molecule has 4 rings (SSSR count). The fourth-order valence-electron chi connectivity index (χ4n) is 3.40. The number of ether oxygens (including phenoxy) is 1. The number of rotatable bonds is 5. The third kappa shape index (κ3) is 4.19. The maximum atomic E-state index is 12.5. The Morgan fingerprint density at radius 3 is 2.47 bits per heavy atom. The van der Waals surface area contributed by atoms with E-state index < -0.39 is 0 Å². The van der Waals surface area contributed by atoms with Crippen LogP contribution >= 0.6 is 11.8 Å². The minimum atomic E-state index is -0.183. The molecular weight excluding hydrogens is 396 g/mol. The second-order valence-electron chi connectivity index (χ2n) is 7.07. The lowest BCUT2D eigenvalue weighted by Gasteiger charge is -2.25. The molecule has 1 saturated heterocycles. The molecule has 0 unspecified atom stereocenters. The third-order valence-electron chi connectivity index (χ3n) is 4.95. The van der Waals surface area contributed by atoms with Gasteiger partial charge in [0.05, 0.1) is 12.9 Å². The third-order valence-corrected chi connectivity index (χ3v) is 6.17. The lowest BCUT2D eigenvalue weighted by molar-refractivity contribution is -0.115. The largest absolute Gasteiger partial charge is 0.497 e. The van der Waals surface area contributed by atoms with E-state index in [-0.39, 0.29) is 17.2 Å². The summed E-state index contributed by atoms with van der Waals surface area (Å²) in [5.41, 5.74) is 4.31. The van der Waals surface area contributed by atoms with E-state index in [2.05, 4.69) is 5.32 Å². The summed E-state index contributed by atoms with van der Waals surface area (Å²) < 4.78 is 5.12. The van der Waals surface area contributed by atoms with Crippen molar-refractivity contribution in [3.63, 3.8) is 0 Å². The molecule has 0 saturated carbocycles. The first-order chi connectivity index (χ1) is 14.5. The van der Waals surface area contributed by atoms with Crippen molar-refractivity contribution in [1.29, 1.82) is 0 Å². The van der Waals surface area contributed by atoms with Crippen LogP contribution in [0.2, 0.25) is 0 Å². The van der Waals surface area contributed by atoms with Crippen molar-refractivity contribution in [2.75, 3.05) is 23.1 Å². The van der Waals surface area contributed by atoms with Gasteiger partial charge < -0.3 is 10.1 Å². The van der Waals surface area contributed by atoms with Gasteiger partial charge in [0.2, 0.25) is 5.91 Å². The first-order valence-electron chi connectivity index (χ1n) is 9.61. The average molecular weight is 419 g/mol. The molecule has 0 aromatic heterocycles. The maximum Gasteiger partial charge on any atom is 0.255 e. The lowest BCUT2D eigenvalue weighted by Crippen LogP contribution is -2.27. The van der Waals surface area contributed by atoms with E-state index in [4.69, 9.17) is 4.74 Å². The summed E-state index contributed by atoms with van der Waals surface area (Å²) in [5, 5.41) is 2.83. The fraction of sp³-hybridized carbons (Fsp3) is 0.167. The van der Waals surface area contributed by atoms with Crippen LogP contribution in [-0.4, -0.2) is 24.7 Å². The number of nitrogens with one attached hydrogen (secondary N) is 1. The van der Waals surface area contributed by atoms with E-state index >= 15 is 0 Å². The van der Waals surface area contributed by atoms with Gasteiger partial charge in [0.15, 0.2) is 0 Å². The van der Waals surface area contributed by atoms with Crippen molar-refractivity contribution in [1.82, 2.24) is 0 Å². The van der Waals surface area contributed by atoms with Gasteiger partial charge in [-0.15, -0.1) is 11.8 Å². The highest BCUT2D eigenvalue weighted by atomic mass is 32.2. The van der Waals surface area contributed by atoms with E-state index in [1.807, 2.05) is 60.4 Å². The van der Waals surface area contributed by atoms with E-state index in [1.165, 1.54) is 0 Å². The van der Waals surface area contributed by atoms with E-state index in [1.54, 1.807) is 43.1 Å². The smallest absolute Gasteiger partial charge is 0.255 e. The first kappa shape index (κ1) is 20.0. The zero-order chi connectivity index (χ0) is 21.1. The predicted octanol–water partition coefficient (Wildman–Crippen LogP) is 5.03. The van der Waals surface area contributed by atoms with E-state index in [0.717, 1.165) is 16.8 Å². The van der Waals surface area contributed by atoms with Crippen LogP contribution in [0.1, 0.15) is 26.9 Å². The fourth-order valence-corrected chi connectivity index (χ4v) is 4.58. The summed E-state index contributed by atoms with van der Waals surface area (Å²) in [4.78, 5) is 26.8. The highest BCUT2D eigenvalue weighted by Gasteiger charge is 2.34. The summed E-state index contributed by atoms with van der Waals surface area (Å²) in [6.07, 6.45) is 0. The first-order valence-corrected chi connectivity index (χ1v) is 10.7. The minimum Gasteiger partial charge on any atom is -0.497 e. The second-order valence-corrected chi connectivity index (χ2v) is 8.14. The van der Waals surface area contributed by atoms with E-state index in [9.17, 15) is 9.59 Å². The number of thioether (sulfide) groups is 1. The van der Waals surface area contributed by atoms with Crippen LogP contribution in [0.3, 0.4) is 0 Å². The van der Waals surface area contributed by atoms with Crippen molar-refractivity contribution in [3.8, 4) is 5.75 Å². The van der Waals surface area contributed by atoms with Crippen molar-refractivity contribution in [3.05, 3.63) is 89.5 Å². The number of hydrogen-bond donors (Lipinski definition) is 1. The van der Waals surface area contributed by atoms with Gasteiger partial charge in [-0.05, 0) is 66.6 Å². The van der Waals surface area contributed by atoms with Crippen LogP contribution in [0, 0.1) is 6.92 Å². The van der Waals surface area contributed by atoms with Crippen molar-refractivity contribution in [2.45, 2.75) is 12.3 Å². The second kappa shape index (κ2) is 8.63. The number of carbonyl (C=O) groups excluding carboxylic acids is 2. The Hall–Kier alpha value is -3.25. The molecule has 0 aliphatic carbocycles. The molecule has 3 aromatic rings. The van der Waals surface area contributed by atoms with Gasteiger partial charge in [-0.1, -0.05) is 24.3 Å². The Morgan fingerprint density at radius 1 is 1.07 bits per heavy atom. The summed E-state index contributed by atoms with van der Waals surface area (Å²) in [6.45, 7) is 2.02. The normalized spacial score (nSPS) is 15.9. The van der Waals surface area contributed by atoms with Gasteiger partial charge in [-0.3, -0.25) is 14.5 Å². The molecule has 1 N–H and O–H groups in total. The van der Waals surface area contributed by atoms with Crippen LogP contribution in [0.25, 0.3) is 0 Å². The Morgan fingerprint density at radius 2 is 1.80 bits per heavy atom. The van der Waals surface area contributed by atoms with Crippen molar-refractivity contribution >= 4 is 35.0 Å². The molecule has 152 valence electrons. The summed E-state index contributed by atoms with van der Waals surface area (Å²) >= 11 is 1.61. The molecule has 2 amide bonds. The molecule has 3 aromatic carbocycles. The molecule has 0 bridgehead atoms. The number of benzene rings is 3. The number of hydrogen-bond acceptors (Lipinski definition) is 4. The quantitative estimate of drug-likeness (QED) is 0.631. The highest BCUT2D eigenvalue weighted by Crippen LogP contribution is 2.42. The summed E-state index contributed by atoms with van der Waals surface area (Å²) in [5.74, 6) is 1.08. The molecule has 1 heterocycles. The molecule has 1 atom stereocenters. The van der Waals surface area contributed by atoms with Crippen LogP contribution in [0.5, 0.6) is 5.75 Å². The average Bonchev–Trinajstić information content (AvgIpc) is 3.15. The Bertz CT molecular complexity index is 1060. The topological polar surface area (TPSA) is 58.6 Å². The molecule has 1 fully saturated rings. The molecule has 0 spiro atoms. The Labute approximate surface area is 180 Å². The van der Waals surface area contributed by atoms with Crippen LogP contribution in [0.15, 0.2) is 72.8 Å². The minimum absolute atomic E-state index is 0.0781. The number of aryl methyl sites for hydroxylation is 1. The molecular formula is C24H22N2O3S. The van der Waals surface area contributed by atoms with Gasteiger partial charge in [0.1, 0.15) is 11.1 Å². The summed E-state index contributed by atoms with van der Waals surface area (Å²) in [7, 11) is 1.59. The van der Waals surface area contributed by atoms with E-state index in [0.29, 0.717) is 22.8 Å². The highest BCUT2D eigenvalue weighted by molar-refractivity contribution is 8.00. The molecule has 30 heavy (non-hydrogen) atoms.